The van der Waals surface area contributed by atoms with Crippen molar-refractivity contribution in [2.75, 3.05) is 20.6 Å². The minimum atomic E-state index is -0.703. The van der Waals surface area contributed by atoms with Crippen LogP contribution in [0.3, 0.4) is 0 Å². The van der Waals surface area contributed by atoms with E-state index >= 15 is 0 Å². The Hall–Kier alpha value is -2.83. The average molecular weight is 342 g/mol. The molecule has 1 aromatic carbocycles. The molecule has 0 radical (unpaired) electrons. The highest BCUT2D eigenvalue weighted by atomic mass is 16.2. The lowest BCUT2D eigenvalue weighted by Gasteiger charge is -2.15. The van der Waals surface area contributed by atoms with Crippen LogP contribution in [0.5, 0.6) is 0 Å². The number of likely N-dealkylation sites (N-methyl/N-ethyl adjacent to an activating group) is 2. The topological polar surface area (TPSA) is 74.7 Å². The number of aromatic nitrogens is 1. The zero-order chi connectivity index (χ0) is 18.0. The number of hydrogen-bond acceptors (Lipinski definition) is 3. The molecule has 1 aliphatic heterocycles. The van der Waals surface area contributed by atoms with E-state index in [1.165, 1.54) is 22.9 Å². The summed E-state index contributed by atoms with van der Waals surface area (Å²) in [6.07, 6.45) is 2.83. The Bertz CT molecular complexity index is 814. The van der Waals surface area contributed by atoms with Gasteiger partial charge in [0.1, 0.15) is 6.04 Å². The SMILES string of the molecule is CN1C(=O)C(CC(=O)NCCCn2ccc3ccccc32)N(C)C1=O. The van der Waals surface area contributed by atoms with Crippen molar-refractivity contribution in [3.63, 3.8) is 0 Å². The molecule has 1 saturated heterocycles. The lowest BCUT2D eigenvalue weighted by Crippen LogP contribution is -2.37. The van der Waals surface area contributed by atoms with E-state index in [-0.39, 0.29) is 24.3 Å². The second kappa shape index (κ2) is 6.96. The average Bonchev–Trinajstić information content (AvgIpc) is 3.10. The van der Waals surface area contributed by atoms with Crippen LogP contribution in [0, 0.1) is 0 Å². The molecule has 0 aliphatic carbocycles. The molecule has 2 aromatic rings. The summed E-state index contributed by atoms with van der Waals surface area (Å²) in [7, 11) is 2.97. The summed E-state index contributed by atoms with van der Waals surface area (Å²) in [4.78, 5) is 38.1. The number of hydrogen-bond donors (Lipinski definition) is 1. The molecule has 1 fully saturated rings. The Labute approximate surface area is 146 Å². The molecule has 2 heterocycles. The lowest BCUT2D eigenvalue weighted by molar-refractivity contribution is -0.131. The lowest BCUT2D eigenvalue weighted by atomic mass is 10.2. The normalized spacial score (nSPS) is 17.6. The van der Waals surface area contributed by atoms with Gasteiger partial charge in [-0.2, -0.15) is 0 Å². The van der Waals surface area contributed by atoms with Gasteiger partial charge in [-0.25, -0.2) is 4.79 Å². The number of carbonyl (C=O) groups is 3. The molecule has 132 valence electrons. The van der Waals surface area contributed by atoms with E-state index in [1.54, 1.807) is 7.05 Å². The van der Waals surface area contributed by atoms with Gasteiger partial charge in [-0.1, -0.05) is 18.2 Å². The molecule has 1 aromatic heterocycles. The fourth-order valence-corrected chi connectivity index (χ4v) is 3.14. The smallest absolute Gasteiger partial charge is 0.326 e. The quantitative estimate of drug-likeness (QED) is 0.637. The molecule has 0 bridgehead atoms. The van der Waals surface area contributed by atoms with Crippen molar-refractivity contribution >= 4 is 28.7 Å². The summed E-state index contributed by atoms with van der Waals surface area (Å²) in [5.74, 6) is -0.549. The van der Waals surface area contributed by atoms with Gasteiger partial charge in [-0.15, -0.1) is 0 Å². The van der Waals surface area contributed by atoms with Gasteiger partial charge in [0.25, 0.3) is 5.91 Å². The molecule has 7 nitrogen and oxygen atoms in total. The van der Waals surface area contributed by atoms with Gasteiger partial charge in [0.2, 0.25) is 5.91 Å². The zero-order valence-electron chi connectivity index (χ0n) is 14.4. The molecule has 3 rings (SSSR count). The van der Waals surface area contributed by atoms with Crippen LogP contribution < -0.4 is 5.32 Å². The Morgan fingerprint density at radius 2 is 1.92 bits per heavy atom. The summed E-state index contributed by atoms with van der Waals surface area (Å²) in [5, 5.41) is 4.03. The molecule has 0 saturated carbocycles. The molecule has 25 heavy (non-hydrogen) atoms. The predicted molar refractivity (Wildman–Crippen MR) is 93.9 cm³/mol. The summed E-state index contributed by atoms with van der Waals surface area (Å²) in [6.45, 7) is 1.33. The highest BCUT2D eigenvalue weighted by Crippen LogP contribution is 2.17. The maximum absolute atomic E-state index is 12.1. The molecule has 1 aliphatic rings. The molecule has 1 atom stereocenters. The van der Waals surface area contributed by atoms with Crippen LogP contribution in [0.4, 0.5) is 4.79 Å². The molecule has 7 heteroatoms. The second-order valence-corrected chi connectivity index (χ2v) is 6.28. The van der Waals surface area contributed by atoms with Gasteiger partial charge in [0, 0.05) is 38.9 Å². The van der Waals surface area contributed by atoms with Gasteiger partial charge < -0.3 is 14.8 Å². The minimum absolute atomic E-state index is 0.00212. The Balaban J connectivity index is 1.45. The van der Waals surface area contributed by atoms with Crippen molar-refractivity contribution in [3.8, 4) is 0 Å². The first kappa shape index (κ1) is 17.0. The second-order valence-electron chi connectivity index (χ2n) is 6.28. The summed E-state index contributed by atoms with van der Waals surface area (Å²) in [5.41, 5.74) is 1.17. The first-order valence-electron chi connectivity index (χ1n) is 8.34. The number of amides is 4. The Morgan fingerprint density at radius 3 is 2.64 bits per heavy atom. The third-order valence-electron chi connectivity index (χ3n) is 4.63. The summed E-state index contributed by atoms with van der Waals surface area (Å²) >= 11 is 0. The van der Waals surface area contributed by atoms with Crippen LogP contribution in [-0.4, -0.2) is 58.9 Å². The van der Waals surface area contributed by atoms with Crippen LogP contribution in [0.1, 0.15) is 12.8 Å². The van der Waals surface area contributed by atoms with E-state index in [2.05, 4.69) is 28.1 Å². The minimum Gasteiger partial charge on any atom is -0.356 e. The van der Waals surface area contributed by atoms with E-state index in [1.807, 2.05) is 18.3 Å². The molecular weight excluding hydrogens is 320 g/mol. The van der Waals surface area contributed by atoms with Crippen LogP contribution >= 0.6 is 0 Å². The maximum atomic E-state index is 12.1. The number of rotatable bonds is 6. The zero-order valence-corrected chi connectivity index (χ0v) is 14.4. The third kappa shape index (κ3) is 3.35. The number of para-hydroxylation sites is 1. The Morgan fingerprint density at radius 1 is 1.16 bits per heavy atom. The highest BCUT2D eigenvalue weighted by Gasteiger charge is 2.41. The number of carbonyl (C=O) groups excluding carboxylic acids is 3. The van der Waals surface area contributed by atoms with Crippen LogP contribution in [-0.2, 0) is 16.1 Å². The monoisotopic (exact) mass is 342 g/mol. The van der Waals surface area contributed by atoms with Crippen molar-refractivity contribution < 1.29 is 14.4 Å². The van der Waals surface area contributed by atoms with E-state index in [9.17, 15) is 14.4 Å². The number of urea groups is 1. The number of aryl methyl sites for hydroxylation is 1. The van der Waals surface area contributed by atoms with Crippen molar-refractivity contribution in [1.29, 1.82) is 0 Å². The van der Waals surface area contributed by atoms with E-state index in [4.69, 9.17) is 0 Å². The number of nitrogens with one attached hydrogen (secondary N) is 1. The van der Waals surface area contributed by atoms with Gasteiger partial charge in [0.05, 0.1) is 6.42 Å². The third-order valence-corrected chi connectivity index (χ3v) is 4.63. The van der Waals surface area contributed by atoms with Gasteiger partial charge in [-0.05, 0) is 23.9 Å². The van der Waals surface area contributed by atoms with Crippen molar-refractivity contribution in [2.24, 2.45) is 0 Å². The van der Waals surface area contributed by atoms with Crippen LogP contribution in [0.2, 0.25) is 0 Å². The Kier molecular flexibility index (Phi) is 4.74. The fourth-order valence-electron chi connectivity index (χ4n) is 3.14. The number of fused-ring (bicyclic) bond motifs is 1. The highest BCUT2D eigenvalue weighted by molar-refractivity contribution is 6.05. The van der Waals surface area contributed by atoms with Crippen LogP contribution in [0.25, 0.3) is 10.9 Å². The van der Waals surface area contributed by atoms with E-state index < -0.39 is 6.04 Å². The van der Waals surface area contributed by atoms with Gasteiger partial charge >= 0.3 is 6.03 Å². The summed E-state index contributed by atoms with van der Waals surface area (Å²) in [6, 6.07) is 9.16. The number of nitrogens with zero attached hydrogens (tertiary/aromatic N) is 3. The predicted octanol–water partition coefficient (Wildman–Crippen LogP) is 1.43. The van der Waals surface area contributed by atoms with E-state index in [0.29, 0.717) is 6.54 Å². The van der Waals surface area contributed by atoms with Crippen molar-refractivity contribution in [1.82, 2.24) is 19.7 Å². The molecule has 1 N–H and O–H groups in total. The maximum Gasteiger partial charge on any atom is 0.326 e. The number of imide groups is 1. The van der Waals surface area contributed by atoms with Crippen molar-refractivity contribution in [2.45, 2.75) is 25.4 Å². The number of benzene rings is 1. The van der Waals surface area contributed by atoms with Gasteiger partial charge in [0.15, 0.2) is 0 Å². The first-order chi connectivity index (χ1) is 12.0. The molecule has 1 unspecified atom stereocenters. The fraction of sp³-hybridized carbons (Fsp3) is 0.389. The van der Waals surface area contributed by atoms with Crippen LogP contribution in [0.15, 0.2) is 36.5 Å². The first-order valence-corrected chi connectivity index (χ1v) is 8.34. The van der Waals surface area contributed by atoms with Crippen molar-refractivity contribution in [3.05, 3.63) is 36.5 Å². The molecular formula is C18H22N4O3. The molecule has 0 spiro atoms. The van der Waals surface area contributed by atoms with Gasteiger partial charge in [-0.3, -0.25) is 14.5 Å². The summed E-state index contributed by atoms with van der Waals surface area (Å²) < 4.78 is 2.16. The van der Waals surface area contributed by atoms with E-state index in [0.717, 1.165) is 17.9 Å². The standard InChI is InChI=1S/C18H22N4O3/c1-20-15(17(24)21(2)18(20)25)12-16(23)19-9-5-10-22-11-8-13-6-3-4-7-14(13)22/h3-4,6-8,11,15H,5,9-10,12H2,1-2H3,(H,19,23). The molecule has 4 amide bonds. The largest absolute Gasteiger partial charge is 0.356 e.